The third-order valence-corrected chi connectivity index (χ3v) is 6.05. The zero-order chi connectivity index (χ0) is 17.2. The monoisotopic (exact) mass is 363 g/mol. The molecule has 0 saturated carbocycles. The van der Waals surface area contributed by atoms with Gasteiger partial charge in [0.05, 0.1) is 37.0 Å². The van der Waals surface area contributed by atoms with Gasteiger partial charge >= 0.3 is 5.97 Å². The van der Waals surface area contributed by atoms with Crippen LogP contribution in [0.4, 0.5) is 0 Å². The first kappa shape index (κ1) is 18.2. The Labute approximate surface area is 139 Å². The summed E-state index contributed by atoms with van der Waals surface area (Å²) < 4.78 is 37.0. The number of ether oxygens (including phenoxy) is 2. The zero-order valence-electron chi connectivity index (χ0n) is 12.7. The van der Waals surface area contributed by atoms with Crippen LogP contribution in [0.15, 0.2) is 23.1 Å². The zero-order valence-corrected chi connectivity index (χ0v) is 14.3. The Morgan fingerprint density at radius 3 is 2.83 bits per heavy atom. The maximum atomic E-state index is 12.9. The second-order valence-electron chi connectivity index (χ2n) is 5.20. The third kappa shape index (κ3) is 3.67. The molecule has 1 N–H and O–H groups in total. The van der Waals surface area contributed by atoms with E-state index in [0.717, 1.165) is 0 Å². The summed E-state index contributed by atoms with van der Waals surface area (Å²) in [5.74, 6) is -0.652. The first-order chi connectivity index (χ1) is 10.8. The van der Waals surface area contributed by atoms with Crippen molar-refractivity contribution in [3.05, 3.63) is 28.8 Å². The Kier molecular flexibility index (Phi) is 5.64. The van der Waals surface area contributed by atoms with E-state index in [-0.39, 0.29) is 35.2 Å². The van der Waals surface area contributed by atoms with E-state index in [1.807, 2.05) is 0 Å². The van der Waals surface area contributed by atoms with Gasteiger partial charge in [-0.05, 0) is 25.1 Å². The number of aliphatic hydroxyl groups excluding tert-OH is 1. The van der Waals surface area contributed by atoms with Crippen LogP contribution in [0, 0.1) is 0 Å². The van der Waals surface area contributed by atoms with E-state index >= 15 is 0 Å². The van der Waals surface area contributed by atoms with Gasteiger partial charge in [-0.3, -0.25) is 0 Å². The molecule has 23 heavy (non-hydrogen) atoms. The molecule has 128 valence electrons. The van der Waals surface area contributed by atoms with E-state index in [2.05, 4.69) is 4.74 Å². The molecule has 2 atom stereocenters. The van der Waals surface area contributed by atoms with Crippen LogP contribution in [0.5, 0.6) is 0 Å². The first-order valence-corrected chi connectivity index (χ1v) is 8.75. The number of carbonyl (C=O) groups excluding carboxylic acids is 1. The van der Waals surface area contributed by atoms with Gasteiger partial charge in [-0.15, -0.1) is 0 Å². The topological polar surface area (TPSA) is 93.1 Å². The molecule has 1 fully saturated rings. The molecule has 1 heterocycles. The van der Waals surface area contributed by atoms with Crippen LogP contribution in [-0.2, 0) is 19.5 Å². The van der Waals surface area contributed by atoms with Crippen LogP contribution in [0.3, 0.4) is 0 Å². The van der Waals surface area contributed by atoms with E-state index in [9.17, 15) is 18.3 Å². The van der Waals surface area contributed by atoms with Crippen molar-refractivity contribution in [2.24, 2.45) is 0 Å². The third-order valence-electron chi connectivity index (χ3n) is 3.59. The molecule has 0 spiro atoms. The Morgan fingerprint density at radius 2 is 2.22 bits per heavy atom. The molecule has 1 saturated heterocycles. The second kappa shape index (κ2) is 7.14. The standard InChI is InChI=1S/C14H18ClNO6S/c1-9-8-22-11(7-17)6-16(9)23(19,20)13-5-10(14(18)21-2)3-4-12(13)15/h3-5,9,11,17H,6-8H2,1-2H3/t9-,11+/m0/s1. The molecule has 0 aliphatic carbocycles. The average molecular weight is 364 g/mol. The van der Waals surface area contributed by atoms with Gasteiger partial charge in [0.25, 0.3) is 0 Å². The van der Waals surface area contributed by atoms with Crippen LogP contribution in [0.25, 0.3) is 0 Å². The largest absolute Gasteiger partial charge is 0.465 e. The minimum Gasteiger partial charge on any atom is -0.465 e. The summed E-state index contributed by atoms with van der Waals surface area (Å²) in [5.41, 5.74) is 0.0927. The molecule has 2 rings (SSSR count). The van der Waals surface area contributed by atoms with Gasteiger partial charge in [-0.2, -0.15) is 4.31 Å². The van der Waals surface area contributed by atoms with Crippen LogP contribution in [0.1, 0.15) is 17.3 Å². The minimum absolute atomic E-state index is 0.0110. The number of methoxy groups -OCH3 is 1. The Balaban J connectivity index is 2.44. The lowest BCUT2D eigenvalue weighted by Crippen LogP contribution is -2.51. The smallest absolute Gasteiger partial charge is 0.337 e. The number of nitrogens with zero attached hydrogens (tertiary/aromatic N) is 1. The fourth-order valence-electron chi connectivity index (χ4n) is 2.31. The highest BCUT2D eigenvalue weighted by Crippen LogP contribution is 2.29. The van der Waals surface area contributed by atoms with Crippen molar-refractivity contribution in [2.45, 2.75) is 24.0 Å². The molecule has 1 aliphatic rings. The summed E-state index contributed by atoms with van der Waals surface area (Å²) in [7, 11) is -2.74. The highest BCUT2D eigenvalue weighted by atomic mass is 35.5. The molecule has 7 nitrogen and oxygen atoms in total. The van der Waals surface area contributed by atoms with Crippen molar-refractivity contribution in [1.82, 2.24) is 4.31 Å². The van der Waals surface area contributed by atoms with E-state index < -0.39 is 28.1 Å². The summed E-state index contributed by atoms with van der Waals surface area (Å²) in [6, 6.07) is 3.52. The molecular formula is C14H18ClNO6S. The summed E-state index contributed by atoms with van der Waals surface area (Å²) in [6.07, 6.45) is -0.594. The predicted molar refractivity (Wildman–Crippen MR) is 83.0 cm³/mol. The van der Waals surface area contributed by atoms with Crippen molar-refractivity contribution in [2.75, 3.05) is 26.9 Å². The maximum Gasteiger partial charge on any atom is 0.337 e. The lowest BCUT2D eigenvalue weighted by atomic mass is 10.2. The fourth-order valence-corrected chi connectivity index (χ4v) is 4.46. The summed E-state index contributed by atoms with van der Waals surface area (Å²) in [5, 5.41) is 9.21. The van der Waals surface area contributed by atoms with Crippen LogP contribution in [0.2, 0.25) is 5.02 Å². The fraction of sp³-hybridized carbons (Fsp3) is 0.500. The van der Waals surface area contributed by atoms with Crippen molar-refractivity contribution in [1.29, 1.82) is 0 Å². The van der Waals surface area contributed by atoms with E-state index in [4.69, 9.17) is 16.3 Å². The van der Waals surface area contributed by atoms with E-state index in [0.29, 0.717) is 0 Å². The number of esters is 1. The molecule has 0 unspecified atom stereocenters. The molecule has 0 bridgehead atoms. The molecule has 1 aromatic rings. The second-order valence-corrected chi connectivity index (χ2v) is 7.46. The van der Waals surface area contributed by atoms with E-state index in [1.165, 1.54) is 29.6 Å². The minimum atomic E-state index is -3.95. The van der Waals surface area contributed by atoms with Gasteiger partial charge in [0.15, 0.2) is 0 Å². The molecule has 0 amide bonds. The van der Waals surface area contributed by atoms with Gasteiger partial charge in [0.2, 0.25) is 10.0 Å². The summed E-state index contributed by atoms with van der Waals surface area (Å²) >= 11 is 6.03. The van der Waals surface area contributed by atoms with Gasteiger partial charge in [0, 0.05) is 12.6 Å². The Morgan fingerprint density at radius 1 is 1.52 bits per heavy atom. The van der Waals surface area contributed by atoms with Crippen LogP contribution in [-0.4, -0.2) is 62.8 Å². The maximum absolute atomic E-state index is 12.9. The normalized spacial score (nSPS) is 22.8. The molecule has 1 aromatic carbocycles. The number of hydrogen-bond acceptors (Lipinski definition) is 6. The molecular weight excluding hydrogens is 346 g/mol. The van der Waals surface area contributed by atoms with E-state index in [1.54, 1.807) is 6.92 Å². The Bertz CT molecular complexity index is 693. The van der Waals surface area contributed by atoms with Crippen molar-refractivity contribution >= 4 is 27.6 Å². The number of aliphatic hydroxyl groups is 1. The van der Waals surface area contributed by atoms with Gasteiger partial charge in [-0.25, -0.2) is 13.2 Å². The molecule has 0 radical (unpaired) electrons. The highest BCUT2D eigenvalue weighted by Gasteiger charge is 2.36. The molecule has 9 heteroatoms. The lowest BCUT2D eigenvalue weighted by molar-refractivity contribution is -0.0516. The number of benzene rings is 1. The SMILES string of the molecule is COC(=O)c1ccc(Cl)c(S(=O)(=O)N2C[C@H](CO)OC[C@@H]2C)c1. The molecule has 1 aliphatic heterocycles. The van der Waals surface area contributed by atoms with Crippen molar-refractivity contribution in [3.63, 3.8) is 0 Å². The van der Waals surface area contributed by atoms with Gasteiger partial charge < -0.3 is 14.6 Å². The average Bonchev–Trinajstić information content (AvgIpc) is 2.54. The quantitative estimate of drug-likeness (QED) is 0.799. The number of morpholine rings is 1. The summed E-state index contributed by atoms with van der Waals surface area (Å²) in [4.78, 5) is 11.4. The van der Waals surface area contributed by atoms with Gasteiger partial charge in [0.1, 0.15) is 4.90 Å². The lowest BCUT2D eigenvalue weighted by Gasteiger charge is -2.36. The van der Waals surface area contributed by atoms with Crippen molar-refractivity contribution in [3.8, 4) is 0 Å². The first-order valence-electron chi connectivity index (χ1n) is 6.93. The van der Waals surface area contributed by atoms with Crippen LogP contribution < -0.4 is 0 Å². The number of rotatable bonds is 4. The Hall–Kier alpha value is -1.19. The number of sulfonamides is 1. The number of hydrogen-bond donors (Lipinski definition) is 1. The van der Waals surface area contributed by atoms with Crippen molar-refractivity contribution < 1.29 is 27.8 Å². The van der Waals surface area contributed by atoms with Gasteiger partial charge in [-0.1, -0.05) is 11.6 Å². The number of carbonyl (C=O) groups is 1. The highest BCUT2D eigenvalue weighted by molar-refractivity contribution is 7.89. The number of halogens is 1. The summed E-state index contributed by atoms with van der Waals surface area (Å²) in [6.45, 7) is 1.59. The predicted octanol–water partition coefficient (Wildman–Crippen LogP) is 0.897. The van der Waals surface area contributed by atoms with Crippen LogP contribution >= 0.6 is 11.6 Å². The molecule has 0 aromatic heterocycles.